The molecule has 1 rings (SSSR count). The van der Waals surface area contributed by atoms with Crippen LogP contribution in [0, 0.1) is 0 Å². The zero-order valence-corrected chi connectivity index (χ0v) is 6.82. The van der Waals surface area contributed by atoms with Gasteiger partial charge >= 0.3 is 0 Å². The van der Waals surface area contributed by atoms with Crippen LogP contribution in [0.4, 0.5) is 0 Å². The molecule has 1 aliphatic heterocycles. The first kappa shape index (κ1) is 7.80. The first-order valence-corrected chi connectivity index (χ1v) is 4.32. The van der Waals surface area contributed by atoms with Crippen molar-refractivity contribution in [2.24, 2.45) is 0 Å². The maximum absolute atomic E-state index is 3.33. The quantitative estimate of drug-likeness (QED) is 0.466. The minimum atomic E-state index is 1.14. The summed E-state index contributed by atoms with van der Waals surface area (Å²) in [7, 11) is 0. The molecule has 0 bridgehead atoms. The van der Waals surface area contributed by atoms with Gasteiger partial charge in [0.25, 0.3) is 0 Å². The van der Waals surface area contributed by atoms with E-state index in [0.717, 1.165) is 6.54 Å². The van der Waals surface area contributed by atoms with E-state index < -0.39 is 0 Å². The van der Waals surface area contributed by atoms with Gasteiger partial charge < -0.3 is 5.32 Å². The third-order valence-corrected chi connectivity index (χ3v) is 1.97. The molecule has 0 radical (unpaired) electrons. The SMILES string of the molecule is CCCC/C=C1/CCNC1. The summed E-state index contributed by atoms with van der Waals surface area (Å²) in [6.45, 7) is 4.58. The van der Waals surface area contributed by atoms with E-state index in [9.17, 15) is 0 Å². The molecule has 0 unspecified atom stereocenters. The highest BCUT2D eigenvalue weighted by Crippen LogP contribution is 2.08. The molecular weight excluding hydrogens is 122 g/mol. The van der Waals surface area contributed by atoms with Crippen LogP contribution in [-0.4, -0.2) is 13.1 Å². The molecule has 0 amide bonds. The van der Waals surface area contributed by atoms with Gasteiger partial charge in [0, 0.05) is 6.54 Å². The van der Waals surface area contributed by atoms with E-state index in [2.05, 4.69) is 18.3 Å². The second-order valence-electron chi connectivity index (χ2n) is 2.93. The van der Waals surface area contributed by atoms with Crippen molar-refractivity contribution in [3.05, 3.63) is 11.6 Å². The number of unbranched alkanes of at least 4 members (excludes halogenated alkanes) is 2. The van der Waals surface area contributed by atoms with Crippen molar-refractivity contribution >= 4 is 0 Å². The summed E-state index contributed by atoms with van der Waals surface area (Å²) in [6, 6.07) is 0. The number of nitrogens with one attached hydrogen (secondary N) is 1. The summed E-state index contributed by atoms with van der Waals surface area (Å²) in [5.74, 6) is 0. The van der Waals surface area contributed by atoms with Gasteiger partial charge in [-0.3, -0.25) is 0 Å². The Kier molecular flexibility index (Phi) is 3.52. The Labute approximate surface area is 63.5 Å². The van der Waals surface area contributed by atoms with Gasteiger partial charge in [0.15, 0.2) is 0 Å². The Morgan fingerprint density at radius 3 is 3.10 bits per heavy atom. The summed E-state index contributed by atoms with van der Waals surface area (Å²) in [5, 5.41) is 3.33. The van der Waals surface area contributed by atoms with Gasteiger partial charge in [-0.1, -0.05) is 31.4 Å². The Bertz CT molecular complexity index is 108. The fourth-order valence-corrected chi connectivity index (χ4v) is 1.27. The third-order valence-electron chi connectivity index (χ3n) is 1.97. The Morgan fingerprint density at radius 2 is 2.50 bits per heavy atom. The molecule has 0 spiro atoms. The molecule has 58 valence electrons. The molecule has 0 aromatic carbocycles. The lowest BCUT2D eigenvalue weighted by atomic mass is 10.1. The van der Waals surface area contributed by atoms with Gasteiger partial charge in [0.1, 0.15) is 0 Å². The lowest BCUT2D eigenvalue weighted by Crippen LogP contribution is -2.04. The Balaban J connectivity index is 2.12. The standard InChI is InChI=1S/C9H17N/c1-2-3-4-5-9-6-7-10-8-9/h5,10H,2-4,6-8H2,1H3/b9-5-. The van der Waals surface area contributed by atoms with Gasteiger partial charge in [0.05, 0.1) is 0 Å². The van der Waals surface area contributed by atoms with Gasteiger partial charge in [-0.2, -0.15) is 0 Å². The minimum Gasteiger partial charge on any atom is -0.313 e. The fourth-order valence-electron chi connectivity index (χ4n) is 1.27. The molecule has 0 aromatic rings. The summed E-state index contributed by atoms with van der Waals surface area (Å²) in [5.41, 5.74) is 1.62. The lowest BCUT2D eigenvalue weighted by molar-refractivity contribution is 0.808. The second kappa shape index (κ2) is 4.51. The maximum atomic E-state index is 3.33. The summed E-state index contributed by atoms with van der Waals surface area (Å²) >= 11 is 0. The highest BCUT2D eigenvalue weighted by Gasteiger charge is 2.03. The van der Waals surface area contributed by atoms with Crippen LogP contribution < -0.4 is 5.32 Å². The predicted octanol–water partition coefficient (Wildman–Crippen LogP) is 2.10. The van der Waals surface area contributed by atoms with E-state index in [1.54, 1.807) is 5.57 Å². The van der Waals surface area contributed by atoms with Crippen molar-refractivity contribution in [2.75, 3.05) is 13.1 Å². The fraction of sp³-hybridized carbons (Fsp3) is 0.778. The molecule has 1 aliphatic rings. The molecule has 10 heavy (non-hydrogen) atoms. The van der Waals surface area contributed by atoms with Crippen molar-refractivity contribution in [1.82, 2.24) is 5.32 Å². The van der Waals surface area contributed by atoms with Crippen LogP contribution in [0.1, 0.15) is 32.6 Å². The van der Waals surface area contributed by atoms with E-state index in [1.165, 1.54) is 32.2 Å². The molecule has 0 atom stereocenters. The van der Waals surface area contributed by atoms with Gasteiger partial charge in [-0.05, 0) is 19.4 Å². The van der Waals surface area contributed by atoms with E-state index in [0.29, 0.717) is 0 Å². The Hall–Kier alpha value is -0.300. The molecule has 1 nitrogen and oxygen atoms in total. The van der Waals surface area contributed by atoms with Crippen LogP contribution in [0.2, 0.25) is 0 Å². The molecule has 0 aromatic heterocycles. The van der Waals surface area contributed by atoms with Crippen LogP contribution in [0.15, 0.2) is 11.6 Å². The number of allylic oxidation sites excluding steroid dienone is 1. The topological polar surface area (TPSA) is 12.0 Å². The first-order valence-electron chi connectivity index (χ1n) is 4.32. The molecule has 1 N–H and O–H groups in total. The highest BCUT2D eigenvalue weighted by atomic mass is 14.9. The second-order valence-corrected chi connectivity index (χ2v) is 2.93. The van der Waals surface area contributed by atoms with Crippen LogP contribution in [-0.2, 0) is 0 Å². The average molecular weight is 139 g/mol. The zero-order chi connectivity index (χ0) is 7.23. The molecule has 0 aliphatic carbocycles. The lowest BCUT2D eigenvalue weighted by Gasteiger charge is -1.93. The molecule has 1 fully saturated rings. The number of hydrogen-bond donors (Lipinski definition) is 1. The van der Waals surface area contributed by atoms with Crippen molar-refractivity contribution < 1.29 is 0 Å². The predicted molar refractivity (Wildman–Crippen MR) is 45.1 cm³/mol. The smallest absolute Gasteiger partial charge is 0.0165 e. The number of hydrogen-bond acceptors (Lipinski definition) is 1. The average Bonchev–Trinajstić information content (AvgIpc) is 2.41. The minimum absolute atomic E-state index is 1.14. The molecular formula is C9H17N. The van der Waals surface area contributed by atoms with Crippen LogP contribution >= 0.6 is 0 Å². The zero-order valence-electron chi connectivity index (χ0n) is 6.82. The monoisotopic (exact) mass is 139 g/mol. The van der Waals surface area contributed by atoms with Crippen LogP contribution in [0.25, 0.3) is 0 Å². The van der Waals surface area contributed by atoms with E-state index in [-0.39, 0.29) is 0 Å². The van der Waals surface area contributed by atoms with Crippen LogP contribution in [0.3, 0.4) is 0 Å². The van der Waals surface area contributed by atoms with Gasteiger partial charge in [0.2, 0.25) is 0 Å². The van der Waals surface area contributed by atoms with Crippen molar-refractivity contribution in [3.8, 4) is 0 Å². The maximum Gasteiger partial charge on any atom is 0.0165 e. The van der Waals surface area contributed by atoms with Crippen molar-refractivity contribution in [3.63, 3.8) is 0 Å². The largest absolute Gasteiger partial charge is 0.313 e. The third kappa shape index (κ3) is 2.53. The first-order chi connectivity index (χ1) is 4.93. The molecule has 1 heteroatoms. The van der Waals surface area contributed by atoms with E-state index in [1.807, 2.05) is 0 Å². The highest BCUT2D eigenvalue weighted by molar-refractivity contribution is 5.08. The molecule has 1 saturated heterocycles. The van der Waals surface area contributed by atoms with Crippen molar-refractivity contribution in [1.29, 1.82) is 0 Å². The normalized spacial score (nSPS) is 22.3. The molecule has 1 heterocycles. The van der Waals surface area contributed by atoms with Crippen molar-refractivity contribution in [2.45, 2.75) is 32.6 Å². The summed E-state index contributed by atoms with van der Waals surface area (Å²) < 4.78 is 0. The van der Waals surface area contributed by atoms with Gasteiger partial charge in [-0.25, -0.2) is 0 Å². The summed E-state index contributed by atoms with van der Waals surface area (Å²) in [6.07, 6.45) is 7.64. The van der Waals surface area contributed by atoms with E-state index in [4.69, 9.17) is 0 Å². The van der Waals surface area contributed by atoms with E-state index >= 15 is 0 Å². The van der Waals surface area contributed by atoms with Gasteiger partial charge in [-0.15, -0.1) is 0 Å². The molecule has 0 saturated carbocycles. The summed E-state index contributed by atoms with van der Waals surface area (Å²) in [4.78, 5) is 0. The number of rotatable bonds is 3. The van der Waals surface area contributed by atoms with Crippen LogP contribution in [0.5, 0.6) is 0 Å². The Morgan fingerprint density at radius 1 is 1.60 bits per heavy atom.